The maximum Gasteiger partial charge on any atom is 0.255 e. The molecule has 0 heterocycles. The molecular weight excluding hydrogens is 414 g/mol. The van der Waals surface area contributed by atoms with Gasteiger partial charge in [0.05, 0.1) is 5.56 Å². The Kier molecular flexibility index (Phi) is 9.76. The number of rotatable bonds is 13. The minimum atomic E-state index is -0.230. The van der Waals surface area contributed by atoms with E-state index in [9.17, 15) is 4.79 Å². The second kappa shape index (κ2) is 13.3. The Bertz CT molecular complexity index is 980. The Morgan fingerprint density at radius 2 is 1.42 bits per heavy atom. The number of amides is 1. The summed E-state index contributed by atoms with van der Waals surface area (Å²) < 4.78 is 12.2. The highest BCUT2D eigenvalue weighted by molar-refractivity contribution is 5.98. The second-order valence-corrected chi connectivity index (χ2v) is 7.87. The van der Waals surface area contributed by atoms with Crippen LogP contribution in [0.4, 0.5) is 0 Å². The number of ether oxygens (including phenoxy) is 2. The molecule has 6 nitrogen and oxygen atoms in total. The molecule has 33 heavy (non-hydrogen) atoms. The number of unbranched alkanes of at least 4 members (excludes halogenated alkanes) is 1. The first-order valence-electron chi connectivity index (χ1n) is 11.4. The van der Waals surface area contributed by atoms with Gasteiger partial charge in [-0.05, 0) is 42.6 Å². The molecule has 0 aromatic heterocycles. The molecule has 0 spiro atoms. The monoisotopic (exact) mass is 447 g/mol. The normalized spacial score (nSPS) is 11.6. The summed E-state index contributed by atoms with van der Waals surface area (Å²) in [6.07, 6.45) is 2.60. The minimum Gasteiger partial charge on any atom is -0.485 e. The predicted octanol–water partition coefficient (Wildman–Crippen LogP) is 4.03. The van der Waals surface area contributed by atoms with Gasteiger partial charge in [-0.2, -0.15) is 0 Å². The van der Waals surface area contributed by atoms with Gasteiger partial charge in [-0.25, -0.2) is 0 Å². The third-order valence-corrected chi connectivity index (χ3v) is 5.31. The molecule has 0 bridgehead atoms. The zero-order chi connectivity index (χ0) is 23.3. The maximum absolute atomic E-state index is 13.2. The fourth-order valence-electron chi connectivity index (χ4n) is 3.47. The number of benzene rings is 3. The van der Waals surface area contributed by atoms with Crippen molar-refractivity contribution in [2.45, 2.75) is 38.5 Å². The number of carbonyl (C=O) groups excluding carboxylic acids is 1. The zero-order valence-corrected chi connectivity index (χ0v) is 18.9. The van der Waals surface area contributed by atoms with Crippen LogP contribution >= 0.6 is 0 Å². The van der Waals surface area contributed by atoms with E-state index in [1.165, 1.54) is 0 Å². The van der Waals surface area contributed by atoms with Crippen LogP contribution in [0.15, 0.2) is 78.9 Å². The smallest absolute Gasteiger partial charge is 0.255 e. The number of nitrogens with one attached hydrogen (secondary N) is 1. The van der Waals surface area contributed by atoms with Crippen LogP contribution in [0.3, 0.4) is 0 Å². The molecule has 0 fully saturated rings. The molecule has 0 saturated carbocycles. The first kappa shape index (κ1) is 24.3. The summed E-state index contributed by atoms with van der Waals surface area (Å²) in [5.74, 6) is 0.716. The standard InChI is InChI=1S/C27H33N3O3/c28-17-8-7-14-23(18-29)30-27(31)24-15-9-16-25(32-19-21-10-3-1-4-11-21)26(24)33-20-22-12-5-2-6-13-22/h1-6,9-13,15-16,23H,7-8,14,17-20,28-29H2,(H,30,31)/t23-/m1/s1. The van der Waals surface area contributed by atoms with Gasteiger partial charge in [0.1, 0.15) is 13.2 Å². The lowest BCUT2D eigenvalue weighted by atomic mass is 10.1. The molecule has 0 aliphatic heterocycles. The van der Waals surface area contributed by atoms with Crippen molar-refractivity contribution < 1.29 is 14.3 Å². The van der Waals surface area contributed by atoms with Gasteiger partial charge >= 0.3 is 0 Å². The summed E-state index contributed by atoms with van der Waals surface area (Å²) in [7, 11) is 0. The molecule has 0 unspecified atom stereocenters. The third-order valence-electron chi connectivity index (χ3n) is 5.31. The molecule has 6 heteroatoms. The van der Waals surface area contributed by atoms with Gasteiger partial charge in [0.25, 0.3) is 5.91 Å². The van der Waals surface area contributed by atoms with Crippen molar-refractivity contribution in [1.82, 2.24) is 5.32 Å². The highest BCUT2D eigenvalue weighted by Gasteiger charge is 2.20. The van der Waals surface area contributed by atoms with Crippen molar-refractivity contribution >= 4 is 5.91 Å². The number of hydrogen-bond acceptors (Lipinski definition) is 5. The van der Waals surface area contributed by atoms with Gasteiger partial charge in [-0.1, -0.05) is 73.2 Å². The van der Waals surface area contributed by atoms with Crippen molar-refractivity contribution in [2.24, 2.45) is 11.5 Å². The van der Waals surface area contributed by atoms with Gasteiger partial charge in [0, 0.05) is 12.6 Å². The Balaban J connectivity index is 1.80. The van der Waals surface area contributed by atoms with Crippen LogP contribution in [-0.2, 0) is 13.2 Å². The van der Waals surface area contributed by atoms with Gasteiger partial charge < -0.3 is 26.3 Å². The molecule has 174 valence electrons. The van der Waals surface area contributed by atoms with Crippen molar-refractivity contribution in [2.75, 3.05) is 13.1 Å². The molecule has 3 aromatic rings. The van der Waals surface area contributed by atoms with E-state index in [1.807, 2.05) is 66.7 Å². The van der Waals surface area contributed by atoms with Crippen molar-refractivity contribution in [3.05, 3.63) is 95.6 Å². The van der Waals surface area contributed by atoms with Gasteiger partial charge in [-0.15, -0.1) is 0 Å². The number of para-hydroxylation sites is 1. The SMILES string of the molecule is NCCCC[C@H](CN)NC(=O)c1cccc(OCc2ccccc2)c1OCc1ccccc1. The number of nitrogens with two attached hydrogens (primary N) is 2. The average Bonchev–Trinajstić information content (AvgIpc) is 2.87. The van der Waals surface area contributed by atoms with E-state index in [4.69, 9.17) is 20.9 Å². The van der Waals surface area contributed by atoms with Crippen LogP contribution < -0.4 is 26.3 Å². The van der Waals surface area contributed by atoms with E-state index >= 15 is 0 Å². The van der Waals surface area contributed by atoms with E-state index in [2.05, 4.69) is 5.32 Å². The molecule has 3 rings (SSSR count). The molecular formula is C27H33N3O3. The van der Waals surface area contributed by atoms with E-state index in [1.54, 1.807) is 12.1 Å². The Morgan fingerprint density at radius 1 is 0.788 bits per heavy atom. The summed E-state index contributed by atoms with van der Waals surface area (Å²) >= 11 is 0. The third kappa shape index (κ3) is 7.63. The lowest BCUT2D eigenvalue weighted by Crippen LogP contribution is -2.40. The highest BCUT2D eigenvalue weighted by Crippen LogP contribution is 2.33. The molecule has 1 atom stereocenters. The van der Waals surface area contributed by atoms with E-state index in [0.717, 1.165) is 30.4 Å². The van der Waals surface area contributed by atoms with Crippen molar-refractivity contribution in [3.63, 3.8) is 0 Å². The summed E-state index contributed by atoms with van der Waals surface area (Å²) in [4.78, 5) is 13.2. The molecule has 0 radical (unpaired) electrons. The number of carbonyl (C=O) groups is 1. The number of hydrogen-bond donors (Lipinski definition) is 3. The molecule has 0 saturated heterocycles. The summed E-state index contributed by atoms with van der Waals surface area (Å²) in [5, 5.41) is 3.04. The molecule has 5 N–H and O–H groups in total. The predicted molar refractivity (Wildman–Crippen MR) is 131 cm³/mol. The highest BCUT2D eigenvalue weighted by atomic mass is 16.5. The van der Waals surface area contributed by atoms with Crippen molar-refractivity contribution in [3.8, 4) is 11.5 Å². The largest absolute Gasteiger partial charge is 0.485 e. The van der Waals surface area contributed by atoms with Crippen LogP contribution in [-0.4, -0.2) is 25.0 Å². The fraction of sp³-hybridized carbons (Fsp3) is 0.296. The lowest BCUT2D eigenvalue weighted by Gasteiger charge is -2.20. The molecule has 1 amide bonds. The maximum atomic E-state index is 13.2. The first-order valence-corrected chi connectivity index (χ1v) is 11.4. The van der Waals surface area contributed by atoms with Gasteiger partial charge in [0.2, 0.25) is 0 Å². The Morgan fingerprint density at radius 3 is 2.03 bits per heavy atom. The summed E-state index contributed by atoms with van der Waals surface area (Å²) in [6.45, 7) is 1.69. The van der Waals surface area contributed by atoms with Crippen LogP contribution in [0.25, 0.3) is 0 Å². The van der Waals surface area contributed by atoms with E-state index in [0.29, 0.717) is 43.4 Å². The van der Waals surface area contributed by atoms with Crippen LogP contribution in [0.2, 0.25) is 0 Å². The summed E-state index contributed by atoms with van der Waals surface area (Å²) in [5.41, 5.74) is 13.9. The quantitative estimate of drug-likeness (QED) is 0.344. The minimum absolute atomic E-state index is 0.125. The fourth-order valence-corrected chi connectivity index (χ4v) is 3.47. The second-order valence-electron chi connectivity index (χ2n) is 7.87. The molecule has 0 aliphatic rings. The average molecular weight is 448 g/mol. The van der Waals surface area contributed by atoms with Gasteiger partial charge in [-0.3, -0.25) is 4.79 Å². The van der Waals surface area contributed by atoms with Gasteiger partial charge in [0.15, 0.2) is 11.5 Å². The van der Waals surface area contributed by atoms with Crippen LogP contribution in [0.1, 0.15) is 40.7 Å². The van der Waals surface area contributed by atoms with E-state index < -0.39 is 0 Å². The zero-order valence-electron chi connectivity index (χ0n) is 18.9. The van der Waals surface area contributed by atoms with E-state index in [-0.39, 0.29) is 11.9 Å². The summed E-state index contributed by atoms with van der Waals surface area (Å²) in [6, 6.07) is 25.0. The Labute approximate surface area is 195 Å². The van der Waals surface area contributed by atoms with Crippen molar-refractivity contribution in [1.29, 1.82) is 0 Å². The lowest BCUT2D eigenvalue weighted by molar-refractivity contribution is 0.0930. The van der Waals surface area contributed by atoms with Crippen LogP contribution in [0, 0.1) is 0 Å². The molecule has 3 aromatic carbocycles. The topological polar surface area (TPSA) is 99.6 Å². The van der Waals surface area contributed by atoms with Crippen LogP contribution in [0.5, 0.6) is 11.5 Å². The molecule has 0 aliphatic carbocycles. The Hall–Kier alpha value is -3.35. The first-order chi connectivity index (χ1) is 16.2.